The van der Waals surface area contributed by atoms with Gasteiger partial charge < -0.3 is 10.1 Å². The molecule has 0 saturated carbocycles. The number of carbonyl (C=O) groups is 4. The van der Waals surface area contributed by atoms with Crippen LogP contribution in [-0.2, 0) is 14.3 Å². The molecule has 2 aromatic carbocycles. The number of halogens is 1. The molecule has 0 unspecified atom stereocenters. The van der Waals surface area contributed by atoms with Gasteiger partial charge in [-0.15, -0.1) is 0 Å². The Morgan fingerprint density at radius 1 is 1.15 bits per heavy atom. The molecule has 0 aliphatic carbocycles. The summed E-state index contributed by atoms with van der Waals surface area (Å²) in [6.07, 6.45) is 0. The maximum Gasteiger partial charge on any atom is 0.339 e. The van der Waals surface area contributed by atoms with Gasteiger partial charge >= 0.3 is 5.97 Å². The quantitative estimate of drug-likeness (QED) is 0.609. The van der Waals surface area contributed by atoms with Crippen LogP contribution in [0.25, 0.3) is 0 Å². The van der Waals surface area contributed by atoms with E-state index in [4.69, 9.17) is 0 Å². The third-order valence-electron chi connectivity index (χ3n) is 3.84. The van der Waals surface area contributed by atoms with Gasteiger partial charge in [-0.2, -0.15) is 0 Å². The molecular weight excluding hydrogens is 404 g/mol. The number of ether oxygens (including phenoxy) is 1. The normalized spacial score (nSPS) is 12.8. The van der Waals surface area contributed by atoms with Gasteiger partial charge in [-0.05, 0) is 30.3 Å². The molecule has 0 bridgehead atoms. The first-order valence-electron chi connectivity index (χ1n) is 7.55. The number of nitrogens with zero attached hydrogens (tertiary/aromatic N) is 1. The Morgan fingerprint density at radius 3 is 2.62 bits per heavy atom. The number of carbonyl (C=O) groups excluding carboxylic acids is 4. The van der Waals surface area contributed by atoms with E-state index in [1.54, 1.807) is 36.4 Å². The largest absolute Gasteiger partial charge is 0.465 e. The molecule has 1 heterocycles. The fourth-order valence-corrected chi connectivity index (χ4v) is 3.00. The van der Waals surface area contributed by atoms with Gasteiger partial charge in [0.2, 0.25) is 5.91 Å². The number of para-hydroxylation sites is 1. The summed E-state index contributed by atoms with van der Waals surface area (Å²) >= 11 is 3.25. The highest BCUT2D eigenvalue weighted by Gasteiger charge is 2.36. The van der Waals surface area contributed by atoms with Crippen LogP contribution in [0.5, 0.6) is 0 Å². The summed E-state index contributed by atoms with van der Waals surface area (Å²) in [5, 5.41) is 2.58. The van der Waals surface area contributed by atoms with Crippen molar-refractivity contribution in [3.05, 3.63) is 58.1 Å². The molecule has 0 radical (unpaired) electrons. The molecule has 0 fully saturated rings. The third-order valence-corrected chi connectivity index (χ3v) is 4.33. The molecule has 7 nitrogen and oxygen atoms in total. The first-order chi connectivity index (χ1) is 12.4. The van der Waals surface area contributed by atoms with Crippen molar-refractivity contribution in [1.82, 2.24) is 0 Å². The van der Waals surface area contributed by atoms with Gasteiger partial charge in [0, 0.05) is 4.47 Å². The van der Waals surface area contributed by atoms with E-state index in [0.29, 0.717) is 10.2 Å². The molecule has 0 atom stereocenters. The molecule has 1 aliphatic heterocycles. The lowest BCUT2D eigenvalue weighted by Crippen LogP contribution is -2.37. The summed E-state index contributed by atoms with van der Waals surface area (Å²) in [5.74, 6) is -2.57. The summed E-state index contributed by atoms with van der Waals surface area (Å²) in [5.41, 5.74) is 1.07. The summed E-state index contributed by atoms with van der Waals surface area (Å²) in [4.78, 5) is 49.5. The SMILES string of the molecule is COC(=O)c1ccccc1NC(=O)CN1C(=O)C(=O)c2cc(Br)ccc21. The number of fused-ring (bicyclic) bond motifs is 1. The first-order valence-corrected chi connectivity index (χ1v) is 8.34. The van der Waals surface area contributed by atoms with E-state index in [1.165, 1.54) is 13.2 Å². The van der Waals surface area contributed by atoms with Gasteiger partial charge in [0.1, 0.15) is 6.54 Å². The monoisotopic (exact) mass is 416 g/mol. The van der Waals surface area contributed by atoms with Crippen LogP contribution in [0.15, 0.2) is 46.9 Å². The van der Waals surface area contributed by atoms with Crippen molar-refractivity contribution in [1.29, 1.82) is 0 Å². The number of methoxy groups -OCH3 is 1. The van der Waals surface area contributed by atoms with Crippen LogP contribution in [0.3, 0.4) is 0 Å². The molecule has 0 aromatic heterocycles. The second kappa shape index (κ2) is 7.09. The number of ketones is 1. The van der Waals surface area contributed by atoms with E-state index in [9.17, 15) is 19.2 Å². The van der Waals surface area contributed by atoms with Crippen molar-refractivity contribution in [3.63, 3.8) is 0 Å². The summed E-state index contributed by atoms with van der Waals surface area (Å²) in [6.45, 7) is -0.352. The summed E-state index contributed by atoms with van der Waals surface area (Å²) in [6, 6.07) is 11.2. The molecule has 3 rings (SSSR count). The Labute approximate surface area is 157 Å². The van der Waals surface area contributed by atoms with Gasteiger partial charge in [-0.25, -0.2) is 4.79 Å². The number of hydrogen-bond donors (Lipinski definition) is 1. The third kappa shape index (κ3) is 3.23. The zero-order chi connectivity index (χ0) is 18.8. The topological polar surface area (TPSA) is 92.8 Å². The van der Waals surface area contributed by atoms with Gasteiger partial charge in [-0.1, -0.05) is 28.1 Å². The Bertz CT molecular complexity index is 941. The van der Waals surface area contributed by atoms with Crippen molar-refractivity contribution in [2.24, 2.45) is 0 Å². The zero-order valence-corrected chi connectivity index (χ0v) is 15.2. The zero-order valence-electron chi connectivity index (χ0n) is 13.6. The van der Waals surface area contributed by atoms with Crippen molar-refractivity contribution >= 4 is 50.9 Å². The lowest BCUT2D eigenvalue weighted by atomic mass is 10.1. The summed E-state index contributed by atoms with van der Waals surface area (Å²) < 4.78 is 5.34. The highest BCUT2D eigenvalue weighted by molar-refractivity contribution is 9.10. The molecular formula is C18H13BrN2O5. The van der Waals surface area contributed by atoms with E-state index in [1.807, 2.05) is 0 Å². The molecule has 0 saturated heterocycles. The fourth-order valence-electron chi connectivity index (χ4n) is 2.64. The standard InChI is InChI=1S/C18H13BrN2O5/c1-26-18(25)11-4-2-3-5-13(11)20-15(22)9-21-14-7-6-10(19)8-12(14)16(23)17(21)24/h2-8H,9H2,1H3,(H,20,22). The molecule has 26 heavy (non-hydrogen) atoms. The molecule has 8 heteroatoms. The van der Waals surface area contributed by atoms with E-state index in [2.05, 4.69) is 26.0 Å². The van der Waals surface area contributed by atoms with E-state index >= 15 is 0 Å². The van der Waals surface area contributed by atoms with Gasteiger partial charge in [0.25, 0.3) is 11.7 Å². The van der Waals surface area contributed by atoms with Crippen molar-refractivity contribution in [2.45, 2.75) is 0 Å². The predicted molar refractivity (Wildman–Crippen MR) is 97.2 cm³/mol. The molecule has 2 aromatic rings. The van der Waals surface area contributed by atoms with Crippen LogP contribution in [0.4, 0.5) is 11.4 Å². The van der Waals surface area contributed by atoms with Gasteiger partial charge in [0.15, 0.2) is 0 Å². The van der Waals surface area contributed by atoms with Gasteiger partial charge in [0.05, 0.1) is 29.6 Å². The molecule has 2 amide bonds. The molecule has 1 N–H and O–H groups in total. The van der Waals surface area contributed by atoms with Crippen LogP contribution < -0.4 is 10.2 Å². The smallest absolute Gasteiger partial charge is 0.339 e. The number of hydrogen-bond acceptors (Lipinski definition) is 5. The van der Waals surface area contributed by atoms with Crippen molar-refractivity contribution in [3.8, 4) is 0 Å². The summed E-state index contributed by atoms with van der Waals surface area (Å²) in [7, 11) is 1.24. The van der Waals surface area contributed by atoms with Crippen LogP contribution in [0.2, 0.25) is 0 Å². The van der Waals surface area contributed by atoms with Crippen LogP contribution >= 0.6 is 15.9 Å². The number of anilines is 2. The van der Waals surface area contributed by atoms with Crippen molar-refractivity contribution < 1.29 is 23.9 Å². The second-order valence-corrected chi connectivity index (χ2v) is 6.38. The number of nitrogens with one attached hydrogen (secondary N) is 1. The molecule has 0 spiro atoms. The van der Waals surface area contributed by atoms with Gasteiger partial charge in [-0.3, -0.25) is 19.3 Å². The number of rotatable bonds is 4. The van der Waals surface area contributed by atoms with Crippen LogP contribution in [0.1, 0.15) is 20.7 Å². The average molecular weight is 417 g/mol. The maximum absolute atomic E-state index is 12.4. The minimum atomic E-state index is -0.769. The minimum absolute atomic E-state index is 0.191. The van der Waals surface area contributed by atoms with Crippen LogP contribution in [0, 0.1) is 0 Å². The van der Waals surface area contributed by atoms with E-state index < -0.39 is 23.6 Å². The number of Topliss-reactive ketones (excluding diaryl/α,β-unsaturated/α-hetero) is 1. The van der Waals surface area contributed by atoms with Crippen molar-refractivity contribution in [2.75, 3.05) is 23.9 Å². The number of esters is 1. The predicted octanol–water partition coefficient (Wildman–Crippen LogP) is 2.40. The number of amides is 2. The average Bonchev–Trinajstić information content (AvgIpc) is 2.86. The highest BCUT2D eigenvalue weighted by Crippen LogP contribution is 2.31. The fraction of sp³-hybridized carbons (Fsp3) is 0.111. The maximum atomic E-state index is 12.4. The lowest BCUT2D eigenvalue weighted by molar-refractivity contribution is -0.118. The Kier molecular flexibility index (Phi) is 4.85. The van der Waals surface area contributed by atoms with Crippen LogP contribution in [-0.4, -0.2) is 37.2 Å². The van der Waals surface area contributed by atoms with E-state index in [0.717, 1.165) is 4.90 Å². The second-order valence-electron chi connectivity index (χ2n) is 5.47. The highest BCUT2D eigenvalue weighted by atomic mass is 79.9. The Balaban J connectivity index is 1.81. The Morgan fingerprint density at radius 2 is 1.88 bits per heavy atom. The molecule has 1 aliphatic rings. The number of benzene rings is 2. The minimum Gasteiger partial charge on any atom is -0.465 e. The van der Waals surface area contributed by atoms with E-state index in [-0.39, 0.29) is 23.4 Å². The first kappa shape index (κ1) is 17.8. The molecule has 132 valence electrons. The Hall–Kier alpha value is -3.00. The lowest BCUT2D eigenvalue weighted by Gasteiger charge is -2.17.